The van der Waals surface area contributed by atoms with Crippen molar-refractivity contribution in [2.45, 2.75) is 0 Å². The lowest BCUT2D eigenvalue weighted by Crippen LogP contribution is -2.21. The fourth-order valence-electron chi connectivity index (χ4n) is 3.05. The highest BCUT2D eigenvalue weighted by molar-refractivity contribution is 6.33. The van der Waals surface area contributed by atoms with E-state index in [4.69, 9.17) is 4.74 Å². The fourth-order valence-corrected chi connectivity index (χ4v) is 3.05. The van der Waals surface area contributed by atoms with Gasteiger partial charge in [0.05, 0.1) is 23.6 Å². The molecule has 4 nitrogen and oxygen atoms in total. The molecule has 0 radical (unpaired) electrons. The molecule has 3 aromatic rings. The van der Waals surface area contributed by atoms with Gasteiger partial charge in [-0.3, -0.25) is 4.79 Å². The molecule has 1 aliphatic heterocycles. The number of para-hydroxylation sites is 1. The first-order valence-corrected chi connectivity index (χ1v) is 8.43. The summed E-state index contributed by atoms with van der Waals surface area (Å²) in [6, 6.07) is 23.7. The Balaban J connectivity index is 1.74. The number of carbonyl (C=O) groups excluding carboxylic acids is 1. The van der Waals surface area contributed by atoms with Crippen LogP contribution < -0.4 is 5.01 Å². The normalized spacial score (nSPS) is 15.7. The minimum absolute atomic E-state index is 0.142. The van der Waals surface area contributed by atoms with Crippen LogP contribution in [0.3, 0.4) is 0 Å². The highest BCUT2D eigenvalue weighted by Gasteiger charge is 2.30. The number of carbonyl (C=O) groups is 1. The second kappa shape index (κ2) is 6.94. The third-order valence-electron chi connectivity index (χ3n) is 4.32. The van der Waals surface area contributed by atoms with E-state index in [1.807, 2.05) is 54.6 Å². The lowest BCUT2D eigenvalue weighted by Gasteiger charge is -2.11. The molecule has 4 rings (SSSR count). The molecule has 0 unspecified atom stereocenters. The molecule has 0 spiro atoms. The van der Waals surface area contributed by atoms with Crippen molar-refractivity contribution in [2.75, 3.05) is 18.7 Å². The van der Waals surface area contributed by atoms with Crippen molar-refractivity contribution < 1.29 is 9.53 Å². The molecule has 0 bridgehead atoms. The Kier molecular flexibility index (Phi) is 4.33. The Labute approximate surface area is 152 Å². The summed E-state index contributed by atoms with van der Waals surface area (Å²) in [5.41, 5.74) is 2.90. The molecule has 1 aliphatic rings. The van der Waals surface area contributed by atoms with E-state index >= 15 is 0 Å². The quantitative estimate of drug-likeness (QED) is 0.664. The van der Waals surface area contributed by atoms with Crippen LogP contribution in [-0.4, -0.2) is 25.3 Å². The summed E-state index contributed by atoms with van der Waals surface area (Å²) in [4.78, 5) is 12.9. The summed E-state index contributed by atoms with van der Waals surface area (Å²) in [6.45, 7) is 0.286. The maximum absolute atomic E-state index is 12.9. The second-order valence-electron chi connectivity index (χ2n) is 6.10. The fraction of sp³-hybridized carbons (Fsp3) is 0.0909. The third kappa shape index (κ3) is 3.03. The van der Waals surface area contributed by atoms with Crippen molar-refractivity contribution in [3.63, 3.8) is 0 Å². The highest BCUT2D eigenvalue weighted by Crippen LogP contribution is 2.26. The van der Waals surface area contributed by atoms with Gasteiger partial charge in [0.15, 0.2) is 0 Å². The smallest absolute Gasteiger partial charge is 0.280 e. The predicted molar refractivity (Wildman–Crippen MR) is 105 cm³/mol. The van der Waals surface area contributed by atoms with Crippen molar-refractivity contribution in [2.24, 2.45) is 5.10 Å². The van der Waals surface area contributed by atoms with Gasteiger partial charge >= 0.3 is 0 Å². The maximum atomic E-state index is 12.9. The molecule has 0 fully saturated rings. The van der Waals surface area contributed by atoms with Crippen LogP contribution in [0.25, 0.3) is 16.8 Å². The van der Waals surface area contributed by atoms with E-state index in [2.05, 4.69) is 29.4 Å². The van der Waals surface area contributed by atoms with E-state index in [9.17, 15) is 4.79 Å². The van der Waals surface area contributed by atoms with Gasteiger partial charge in [-0.05, 0) is 40.6 Å². The van der Waals surface area contributed by atoms with Gasteiger partial charge in [0.1, 0.15) is 0 Å². The molecular formula is C22H18N2O2. The minimum Gasteiger partial charge on any atom is -0.378 e. The van der Waals surface area contributed by atoms with Crippen LogP contribution in [0.1, 0.15) is 5.56 Å². The SMILES string of the molecule is COCC1=NN(c2ccccc2)C(=O)/C1=C\c1ccc2ccccc2c1. The molecule has 0 N–H and O–H groups in total. The summed E-state index contributed by atoms with van der Waals surface area (Å²) in [7, 11) is 1.60. The Morgan fingerprint density at radius 3 is 2.46 bits per heavy atom. The monoisotopic (exact) mass is 342 g/mol. The van der Waals surface area contributed by atoms with Crippen LogP contribution in [0.5, 0.6) is 0 Å². The average molecular weight is 342 g/mol. The molecule has 1 amide bonds. The number of amides is 1. The van der Waals surface area contributed by atoms with E-state index in [0.29, 0.717) is 11.3 Å². The van der Waals surface area contributed by atoms with Crippen molar-refractivity contribution in [1.29, 1.82) is 0 Å². The summed E-state index contributed by atoms with van der Waals surface area (Å²) in [5.74, 6) is -0.142. The van der Waals surface area contributed by atoms with Crippen LogP contribution in [-0.2, 0) is 9.53 Å². The number of hydrazone groups is 1. The predicted octanol–water partition coefficient (Wildman–Crippen LogP) is 4.27. The third-order valence-corrected chi connectivity index (χ3v) is 4.32. The molecule has 0 saturated heterocycles. The summed E-state index contributed by atoms with van der Waals surface area (Å²) in [6.07, 6.45) is 1.88. The van der Waals surface area contributed by atoms with E-state index in [1.54, 1.807) is 7.11 Å². The number of rotatable bonds is 4. The van der Waals surface area contributed by atoms with Crippen LogP contribution in [0.4, 0.5) is 5.69 Å². The maximum Gasteiger partial charge on any atom is 0.280 e. The molecule has 0 saturated carbocycles. The number of ether oxygens (including phenoxy) is 1. The number of hydrogen-bond donors (Lipinski definition) is 0. The van der Waals surface area contributed by atoms with Crippen molar-refractivity contribution >= 4 is 34.2 Å². The molecular weight excluding hydrogens is 324 g/mol. The zero-order chi connectivity index (χ0) is 17.9. The largest absolute Gasteiger partial charge is 0.378 e. The number of benzene rings is 3. The summed E-state index contributed by atoms with van der Waals surface area (Å²) >= 11 is 0. The number of methoxy groups -OCH3 is 1. The van der Waals surface area contributed by atoms with Gasteiger partial charge in [-0.2, -0.15) is 10.1 Å². The highest BCUT2D eigenvalue weighted by atomic mass is 16.5. The topological polar surface area (TPSA) is 41.9 Å². The van der Waals surface area contributed by atoms with Gasteiger partial charge in [0.25, 0.3) is 5.91 Å². The van der Waals surface area contributed by atoms with Gasteiger partial charge in [-0.1, -0.05) is 54.6 Å². The first-order valence-electron chi connectivity index (χ1n) is 8.43. The zero-order valence-corrected chi connectivity index (χ0v) is 14.4. The number of nitrogens with zero attached hydrogens (tertiary/aromatic N) is 2. The van der Waals surface area contributed by atoms with Crippen molar-refractivity contribution in [1.82, 2.24) is 0 Å². The van der Waals surface area contributed by atoms with Crippen molar-refractivity contribution in [3.8, 4) is 0 Å². The molecule has 26 heavy (non-hydrogen) atoms. The molecule has 0 atom stereocenters. The average Bonchev–Trinajstić information content (AvgIpc) is 2.99. The van der Waals surface area contributed by atoms with E-state index in [1.165, 1.54) is 10.4 Å². The molecule has 0 aromatic heterocycles. The van der Waals surface area contributed by atoms with Gasteiger partial charge in [0.2, 0.25) is 0 Å². The van der Waals surface area contributed by atoms with Gasteiger partial charge in [-0.15, -0.1) is 0 Å². The molecule has 1 heterocycles. The zero-order valence-electron chi connectivity index (χ0n) is 14.4. The van der Waals surface area contributed by atoms with Gasteiger partial charge in [-0.25, -0.2) is 0 Å². The molecule has 128 valence electrons. The molecule has 4 heteroatoms. The number of hydrogen-bond acceptors (Lipinski definition) is 3. The molecule has 3 aromatic carbocycles. The van der Waals surface area contributed by atoms with Gasteiger partial charge in [0, 0.05) is 7.11 Å². The van der Waals surface area contributed by atoms with Crippen LogP contribution in [0.2, 0.25) is 0 Å². The lowest BCUT2D eigenvalue weighted by molar-refractivity contribution is -0.114. The first-order chi connectivity index (χ1) is 12.8. The Morgan fingerprint density at radius 2 is 1.69 bits per heavy atom. The Hall–Kier alpha value is -3.24. The van der Waals surface area contributed by atoms with E-state index < -0.39 is 0 Å². The molecule has 0 aliphatic carbocycles. The number of fused-ring (bicyclic) bond motifs is 1. The standard InChI is InChI=1S/C22H18N2O2/c1-26-15-21-20(22(25)24(23-21)19-9-3-2-4-10-19)14-16-11-12-17-7-5-6-8-18(17)13-16/h2-14H,15H2,1H3/b20-14-. The minimum atomic E-state index is -0.142. The summed E-state index contributed by atoms with van der Waals surface area (Å²) in [5, 5.41) is 8.21. The van der Waals surface area contributed by atoms with E-state index in [-0.39, 0.29) is 12.5 Å². The van der Waals surface area contributed by atoms with E-state index in [0.717, 1.165) is 16.6 Å². The van der Waals surface area contributed by atoms with Crippen molar-refractivity contribution in [3.05, 3.63) is 83.9 Å². The summed E-state index contributed by atoms with van der Waals surface area (Å²) < 4.78 is 5.25. The van der Waals surface area contributed by atoms with Gasteiger partial charge < -0.3 is 4.74 Å². The lowest BCUT2D eigenvalue weighted by atomic mass is 10.0. The van der Waals surface area contributed by atoms with Crippen LogP contribution in [0.15, 0.2) is 83.5 Å². The van der Waals surface area contributed by atoms with Crippen LogP contribution >= 0.6 is 0 Å². The Bertz CT molecular complexity index is 1020. The van der Waals surface area contributed by atoms with Crippen LogP contribution in [0, 0.1) is 0 Å². The number of anilines is 1. The Morgan fingerprint density at radius 1 is 0.962 bits per heavy atom. The second-order valence-corrected chi connectivity index (χ2v) is 6.10. The first kappa shape index (κ1) is 16.2.